The molecule has 1 unspecified atom stereocenters. The molecule has 0 radical (unpaired) electrons. The fourth-order valence-electron chi connectivity index (χ4n) is 2.75. The van der Waals surface area contributed by atoms with Crippen LogP contribution in [0.2, 0.25) is 0 Å². The highest BCUT2D eigenvalue weighted by Crippen LogP contribution is 2.31. The molecular formula is C13H24N2O2. The summed E-state index contributed by atoms with van der Waals surface area (Å²) in [5, 5.41) is 6.58. The fourth-order valence-corrected chi connectivity index (χ4v) is 2.75. The van der Waals surface area contributed by atoms with Gasteiger partial charge >= 0.3 is 0 Å². The smallest absolute Gasteiger partial charge is 0.227 e. The molecule has 2 aliphatic heterocycles. The highest BCUT2D eigenvalue weighted by atomic mass is 16.5. The van der Waals surface area contributed by atoms with Gasteiger partial charge in [-0.25, -0.2) is 0 Å². The molecule has 0 bridgehead atoms. The summed E-state index contributed by atoms with van der Waals surface area (Å²) < 4.78 is 5.36. The average molecular weight is 240 g/mol. The lowest BCUT2D eigenvalue weighted by Crippen LogP contribution is -2.54. The van der Waals surface area contributed by atoms with Crippen molar-refractivity contribution in [1.29, 1.82) is 0 Å². The first-order valence-corrected chi connectivity index (χ1v) is 6.71. The Labute approximate surface area is 103 Å². The van der Waals surface area contributed by atoms with Crippen molar-refractivity contribution in [2.24, 2.45) is 5.41 Å². The molecule has 17 heavy (non-hydrogen) atoms. The Morgan fingerprint density at radius 1 is 1.35 bits per heavy atom. The van der Waals surface area contributed by atoms with Gasteiger partial charge in [0.15, 0.2) is 0 Å². The molecule has 0 saturated carbocycles. The van der Waals surface area contributed by atoms with Crippen molar-refractivity contribution < 1.29 is 9.53 Å². The van der Waals surface area contributed by atoms with E-state index in [4.69, 9.17) is 4.74 Å². The first-order valence-electron chi connectivity index (χ1n) is 6.71. The molecule has 2 saturated heterocycles. The summed E-state index contributed by atoms with van der Waals surface area (Å²) in [5.74, 6) is 0.231. The lowest BCUT2D eigenvalue weighted by molar-refractivity contribution is -0.133. The minimum absolute atomic E-state index is 0.0694. The average Bonchev–Trinajstić information content (AvgIpc) is 2.79. The van der Waals surface area contributed by atoms with E-state index in [2.05, 4.69) is 24.5 Å². The number of rotatable bonds is 3. The maximum Gasteiger partial charge on any atom is 0.227 e. The third-order valence-corrected chi connectivity index (χ3v) is 4.41. The van der Waals surface area contributed by atoms with Gasteiger partial charge in [-0.2, -0.15) is 0 Å². The predicted molar refractivity (Wildman–Crippen MR) is 66.8 cm³/mol. The Balaban J connectivity index is 1.99. The molecule has 1 amide bonds. The summed E-state index contributed by atoms with van der Waals surface area (Å²) in [7, 11) is 0. The van der Waals surface area contributed by atoms with E-state index in [0.29, 0.717) is 0 Å². The summed E-state index contributed by atoms with van der Waals surface area (Å²) in [5.41, 5.74) is -0.249. The van der Waals surface area contributed by atoms with Crippen LogP contribution in [0.5, 0.6) is 0 Å². The van der Waals surface area contributed by atoms with Gasteiger partial charge in [-0.3, -0.25) is 4.79 Å². The molecule has 4 nitrogen and oxygen atoms in total. The molecule has 2 rings (SSSR count). The normalized spacial score (nSPS) is 32.4. The zero-order valence-electron chi connectivity index (χ0n) is 11.0. The maximum absolute atomic E-state index is 12.5. The second-order valence-corrected chi connectivity index (χ2v) is 5.69. The van der Waals surface area contributed by atoms with Crippen molar-refractivity contribution in [2.45, 2.75) is 45.1 Å². The SMILES string of the molecule is CCC1(C(=O)NC2(C)CCOCC2)CCNC1. The molecule has 2 heterocycles. The molecule has 0 aliphatic carbocycles. The van der Waals surface area contributed by atoms with Crippen molar-refractivity contribution in [3.63, 3.8) is 0 Å². The fraction of sp³-hybridized carbons (Fsp3) is 0.923. The topological polar surface area (TPSA) is 50.4 Å². The van der Waals surface area contributed by atoms with Crippen molar-refractivity contribution >= 4 is 5.91 Å². The first-order chi connectivity index (χ1) is 8.10. The highest BCUT2D eigenvalue weighted by molar-refractivity contribution is 5.84. The predicted octanol–water partition coefficient (Wildman–Crippen LogP) is 1.06. The van der Waals surface area contributed by atoms with E-state index < -0.39 is 0 Å². The Kier molecular flexibility index (Phi) is 3.73. The highest BCUT2D eigenvalue weighted by Gasteiger charge is 2.42. The van der Waals surface area contributed by atoms with E-state index in [1.54, 1.807) is 0 Å². The zero-order valence-corrected chi connectivity index (χ0v) is 11.0. The third kappa shape index (κ3) is 2.63. The molecule has 2 fully saturated rings. The number of nitrogens with one attached hydrogen (secondary N) is 2. The summed E-state index contributed by atoms with van der Waals surface area (Å²) in [6.07, 6.45) is 3.72. The van der Waals surface area contributed by atoms with Crippen LogP contribution in [0.15, 0.2) is 0 Å². The number of amides is 1. The number of carbonyl (C=O) groups is 1. The maximum atomic E-state index is 12.5. The Bertz CT molecular complexity index is 279. The molecule has 2 aliphatic rings. The van der Waals surface area contributed by atoms with Gasteiger partial charge in [-0.1, -0.05) is 6.92 Å². The monoisotopic (exact) mass is 240 g/mol. The van der Waals surface area contributed by atoms with Crippen molar-refractivity contribution in [1.82, 2.24) is 10.6 Å². The molecule has 0 aromatic rings. The number of hydrogen-bond acceptors (Lipinski definition) is 3. The van der Waals surface area contributed by atoms with Gasteiger partial charge in [-0.05, 0) is 39.2 Å². The number of carbonyl (C=O) groups excluding carboxylic acids is 1. The van der Waals surface area contributed by atoms with Crippen LogP contribution in [-0.2, 0) is 9.53 Å². The van der Waals surface area contributed by atoms with Gasteiger partial charge < -0.3 is 15.4 Å². The summed E-state index contributed by atoms with van der Waals surface area (Å²) in [6.45, 7) is 7.55. The third-order valence-electron chi connectivity index (χ3n) is 4.41. The second kappa shape index (κ2) is 4.94. The van der Waals surface area contributed by atoms with Crippen molar-refractivity contribution in [3.05, 3.63) is 0 Å². The molecule has 0 aromatic heterocycles. The molecular weight excluding hydrogens is 216 g/mol. The first kappa shape index (κ1) is 12.8. The van der Waals surface area contributed by atoms with Crippen molar-refractivity contribution in [2.75, 3.05) is 26.3 Å². The lowest BCUT2D eigenvalue weighted by Gasteiger charge is -2.38. The van der Waals surface area contributed by atoms with Gasteiger partial charge in [0, 0.05) is 25.3 Å². The van der Waals surface area contributed by atoms with E-state index in [9.17, 15) is 4.79 Å². The van der Waals surface area contributed by atoms with E-state index in [-0.39, 0.29) is 16.9 Å². The van der Waals surface area contributed by atoms with Gasteiger partial charge in [0.25, 0.3) is 0 Å². The standard InChI is InChI=1S/C13H24N2O2/c1-3-13(4-7-14-10-13)11(16)15-12(2)5-8-17-9-6-12/h14H,3-10H2,1-2H3,(H,15,16). The minimum Gasteiger partial charge on any atom is -0.381 e. The Morgan fingerprint density at radius 3 is 2.59 bits per heavy atom. The van der Waals surface area contributed by atoms with Crippen LogP contribution in [0.1, 0.15) is 39.5 Å². The summed E-state index contributed by atoms with van der Waals surface area (Å²) in [6, 6.07) is 0. The van der Waals surface area contributed by atoms with Gasteiger partial charge in [-0.15, -0.1) is 0 Å². The Hall–Kier alpha value is -0.610. The summed E-state index contributed by atoms with van der Waals surface area (Å²) >= 11 is 0. The van der Waals surface area contributed by atoms with Crippen LogP contribution in [0.3, 0.4) is 0 Å². The Morgan fingerprint density at radius 2 is 2.06 bits per heavy atom. The van der Waals surface area contributed by atoms with Crippen LogP contribution in [0.25, 0.3) is 0 Å². The number of ether oxygens (including phenoxy) is 1. The molecule has 1 atom stereocenters. The van der Waals surface area contributed by atoms with Crippen LogP contribution < -0.4 is 10.6 Å². The molecule has 4 heteroatoms. The largest absolute Gasteiger partial charge is 0.381 e. The number of hydrogen-bond donors (Lipinski definition) is 2. The van der Waals surface area contributed by atoms with Crippen LogP contribution >= 0.6 is 0 Å². The van der Waals surface area contributed by atoms with Gasteiger partial charge in [0.05, 0.1) is 5.41 Å². The van der Waals surface area contributed by atoms with Crippen molar-refractivity contribution in [3.8, 4) is 0 Å². The van der Waals surface area contributed by atoms with E-state index in [1.807, 2.05) is 0 Å². The van der Waals surface area contributed by atoms with E-state index >= 15 is 0 Å². The molecule has 0 aromatic carbocycles. The van der Waals surface area contributed by atoms with Crippen LogP contribution in [0.4, 0.5) is 0 Å². The molecule has 98 valence electrons. The lowest BCUT2D eigenvalue weighted by atomic mass is 9.81. The van der Waals surface area contributed by atoms with Gasteiger partial charge in [0.2, 0.25) is 5.91 Å². The van der Waals surface area contributed by atoms with E-state index in [1.165, 1.54) is 0 Å². The minimum atomic E-state index is -0.179. The zero-order chi connectivity index (χ0) is 12.4. The quantitative estimate of drug-likeness (QED) is 0.775. The molecule has 2 N–H and O–H groups in total. The van der Waals surface area contributed by atoms with Gasteiger partial charge in [0.1, 0.15) is 0 Å². The second-order valence-electron chi connectivity index (χ2n) is 5.69. The summed E-state index contributed by atoms with van der Waals surface area (Å²) in [4.78, 5) is 12.5. The van der Waals surface area contributed by atoms with Crippen LogP contribution in [-0.4, -0.2) is 37.7 Å². The van der Waals surface area contributed by atoms with Crippen LogP contribution in [0, 0.1) is 5.41 Å². The molecule has 0 spiro atoms. The van der Waals surface area contributed by atoms with E-state index in [0.717, 1.165) is 52.0 Å².